The molecule has 0 amide bonds. The van der Waals surface area contributed by atoms with Gasteiger partial charge < -0.3 is 0 Å². The molecule has 14 heavy (non-hydrogen) atoms. The number of hydrogen-bond donors (Lipinski definition) is 1. The van der Waals surface area contributed by atoms with Crippen LogP contribution in [0.15, 0.2) is 29.4 Å². The fraction of sp³-hybridized carbons (Fsp3) is 0.200. The van der Waals surface area contributed by atoms with Crippen LogP contribution in [-0.4, -0.2) is 31.2 Å². The van der Waals surface area contributed by atoms with E-state index in [0.717, 1.165) is 10.6 Å². The Morgan fingerprint density at radius 2 is 1.93 bits per heavy atom. The summed E-state index contributed by atoms with van der Waals surface area (Å²) >= 11 is 5.74. The molecule has 0 saturated carbocycles. The van der Waals surface area contributed by atoms with Gasteiger partial charge in [0.25, 0.3) is 6.34 Å². The molecule has 1 rings (SSSR count). The van der Waals surface area contributed by atoms with E-state index in [1.54, 1.807) is 12.6 Å². The predicted molar refractivity (Wildman–Crippen MR) is 60.4 cm³/mol. The molecule has 0 aromatic heterocycles. The van der Waals surface area contributed by atoms with Crippen molar-refractivity contribution >= 4 is 24.2 Å². The first-order valence-corrected chi connectivity index (χ1v) is 4.60. The predicted octanol–water partition coefficient (Wildman–Crippen LogP) is 1.56. The number of hydrazone groups is 1. The van der Waals surface area contributed by atoms with Gasteiger partial charge >= 0.3 is 0 Å². The van der Waals surface area contributed by atoms with E-state index in [-0.39, 0.29) is 0 Å². The van der Waals surface area contributed by atoms with Crippen LogP contribution in [0.3, 0.4) is 0 Å². The monoisotopic (exact) mass is 210 g/mol. The molecule has 0 unspecified atom stereocenters. The molecule has 0 heterocycles. The second kappa shape index (κ2) is 5.40. The number of nitrogens with one attached hydrogen (secondary N) is 1. The van der Waals surface area contributed by atoms with Crippen LogP contribution in [0.5, 0.6) is 0 Å². The van der Waals surface area contributed by atoms with Crippen molar-refractivity contribution in [2.24, 2.45) is 5.10 Å². The van der Waals surface area contributed by atoms with Crippen LogP contribution in [0.4, 0.5) is 0 Å². The van der Waals surface area contributed by atoms with E-state index >= 15 is 0 Å². The lowest BCUT2D eigenvalue weighted by Crippen LogP contribution is -2.11. The van der Waals surface area contributed by atoms with Crippen LogP contribution in [0.2, 0.25) is 5.02 Å². The first-order chi connectivity index (χ1) is 6.68. The summed E-state index contributed by atoms with van der Waals surface area (Å²) in [4.78, 5) is 0. The van der Waals surface area contributed by atoms with Crippen molar-refractivity contribution in [2.75, 3.05) is 14.1 Å². The van der Waals surface area contributed by atoms with Crippen molar-refractivity contribution in [1.29, 1.82) is 0 Å². The van der Waals surface area contributed by atoms with Crippen LogP contribution in [-0.2, 0) is 0 Å². The Hall–Kier alpha value is -1.35. The molecule has 0 atom stereocenters. The molecule has 1 aromatic carbocycles. The molecule has 0 aliphatic rings. The molecule has 74 valence electrons. The molecule has 1 N–H and O–H groups in total. The molecule has 4 heteroatoms. The van der Waals surface area contributed by atoms with Crippen LogP contribution < -0.4 is 5.43 Å². The highest BCUT2D eigenvalue weighted by Gasteiger charge is 1.88. The highest BCUT2D eigenvalue weighted by molar-refractivity contribution is 6.30. The van der Waals surface area contributed by atoms with Crippen molar-refractivity contribution in [1.82, 2.24) is 5.43 Å². The van der Waals surface area contributed by atoms with Gasteiger partial charge in [-0.15, -0.1) is 0 Å². The smallest absolute Gasteiger partial charge is 0.256 e. The van der Waals surface area contributed by atoms with Gasteiger partial charge in [0.05, 0.1) is 20.3 Å². The normalized spacial score (nSPS) is 10.2. The average molecular weight is 211 g/mol. The van der Waals surface area contributed by atoms with E-state index in [1.807, 2.05) is 42.9 Å². The van der Waals surface area contributed by atoms with Crippen LogP contribution in [0.25, 0.3) is 0 Å². The van der Waals surface area contributed by atoms with Gasteiger partial charge in [0, 0.05) is 5.02 Å². The first kappa shape index (κ1) is 10.7. The minimum atomic E-state index is 0.731. The summed E-state index contributed by atoms with van der Waals surface area (Å²) < 4.78 is 1.87. The van der Waals surface area contributed by atoms with E-state index in [1.165, 1.54) is 0 Å². The number of rotatable bonds is 3. The second-order valence-electron chi connectivity index (χ2n) is 3.03. The minimum Gasteiger partial charge on any atom is -0.272 e. The van der Waals surface area contributed by atoms with Crippen LogP contribution in [0, 0.1) is 0 Å². The Kier molecular flexibility index (Phi) is 4.13. The highest BCUT2D eigenvalue weighted by atomic mass is 35.5. The fourth-order valence-corrected chi connectivity index (χ4v) is 0.935. The molecule has 0 spiro atoms. The van der Waals surface area contributed by atoms with Gasteiger partial charge in [-0.1, -0.05) is 28.8 Å². The third kappa shape index (κ3) is 4.05. The maximum atomic E-state index is 5.74. The zero-order valence-electron chi connectivity index (χ0n) is 8.24. The van der Waals surface area contributed by atoms with Gasteiger partial charge in [0.2, 0.25) is 0 Å². The quantitative estimate of drug-likeness (QED) is 0.349. The van der Waals surface area contributed by atoms with Gasteiger partial charge in [-0.2, -0.15) is 5.43 Å². The molecular formula is C10H13ClN3+. The SMILES string of the molecule is C[N+](C)=CN/N=C\c1ccc(Cl)cc1. The Balaban J connectivity index is 2.52. The first-order valence-electron chi connectivity index (χ1n) is 4.22. The fourth-order valence-electron chi connectivity index (χ4n) is 0.809. The lowest BCUT2D eigenvalue weighted by molar-refractivity contribution is -0.461. The van der Waals surface area contributed by atoms with Gasteiger partial charge in [-0.05, 0) is 17.7 Å². The molecule has 3 nitrogen and oxygen atoms in total. The lowest BCUT2D eigenvalue weighted by atomic mass is 10.2. The van der Waals surface area contributed by atoms with Crippen LogP contribution >= 0.6 is 11.6 Å². The van der Waals surface area contributed by atoms with Crippen molar-refractivity contribution in [2.45, 2.75) is 0 Å². The maximum Gasteiger partial charge on any atom is 0.256 e. The maximum absolute atomic E-state index is 5.74. The summed E-state index contributed by atoms with van der Waals surface area (Å²) in [7, 11) is 3.84. The highest BCUT2D eigenvalue weighted by Crippen LogP contribution is 2.07. The van der Waals surface area contributed by atoms with E-state index in [4.69, 9.17) is 11.6 Å². The van der Waals surface area contributed by atoms with Crippen molar-refractivity contribution < 1.29 is 4.58 Å². The summed E-state index contributed by atoms with van der Waals surface area (Å²) in [5.74, 6) is 0. The Labute approximate surface area is 88.7 Å². The van der Waals surface area contributed by atoms with E-state index in [2.05, 4.69) is 10.5 Å². The molecule has 0 radical (unpaired) electrons. The Morgan fingerprint density at radius 3 is 2.50 bits per heavy atom. The number of benzene rings is 1. The van der Waals surface area contributed by atoms with E-state index in [9.17, 15) is 0 Å². The molecule has 0 bridgehead atoms. The van der Waals surface area contributed by atoms with Crippen LogP contribution in [0.1, 0.15) is 5.56 Å². The van der Waals surface area contributed by atoms with Crippen molar-refractivity contribution in [3.63, 3.8) is 0 Å². The van der Waals surface area contributed by atoms with Gasteiger partial charge in [0.15, 0.2) is 0 Å². The van der Waals surface area contributed by atoms with Crippen molar-refractivity contribution in [3.05, 3.63) is 34.9 Å². The minimum absolute atomic E-state index is 0.731. The van der Waals surface area contributed by atoms with E-state index in [0.29, 0.717) is 0 Å². The summed E-state index contributed by atoms with van der Waals surface area (Å²) in [6.07, 6.45) is 3.49. The molecule has 0 saturated heterocycles. The average Bonchev–Trinajstić information content (AvgIpc) is 2.15. The molecule has 0 aliphatic carbocycles. The Bertz CT molecular complexity index is 337. The topological polar surface area (TPSA) is 27.4 Å². The van der Waals surface area contributed by atoms with Gasteiger partial charge in [-0.25, -0.2) is 0 Å². The van der Waals surface area contributed by atoms with E-state index < -0.39 is 0 Å². The number of halogens is 1. The van der Waals surface area contributed by atoms with Gasteiger partial charge in [0.1, 0.15) is 0 Å². The lowest BCUT2D eigenvalue weighted by Gasteiger charge is -1.91. The zero-order valence-corrected chi connectivity index (χ0v) is 8.99. The zero-order chi connectivity index (χ0) is 10.4. The summed E-state index contributed by atoms with van der Waals surface area (Å²) in [5.41, 5.74) is 3.79. The molecule has 0 fully saturated rings. The summed E-state index contributed by atoms with van der Waals surface area (Å²) in [5, 5.41) is 4.73. The Morgan fingerprint density at radius 1 is 1.29 bits per heavy atom. The number of hydrogen-bond acceptors (Lipinski definition) is 1. The van der Waals surface area contributed by atoms with Crippen molar-refractivity contribution in [3.8, 4) is 0 Å². The summed E-state index contributed by atoms with van der Waals surface area (Å²) in [6, 6.07) is 7.48. The van der Waals surface area contributed by atoms with Gasteiger partial charge in [-0.3, -0.25) is 4.58 Å². The largest absolute Gasteiger partial charge is 0.272 e. The summed E-state index contributed by atoms with van der Waals surface area (Å²) in [6.45, 7) is 0. The standard InChI is InChI=1S/C10H12ClN3/c1-14(2)8-13-12-7-9-3-5-10(11)6-4-9/h3-8H,1-2H3/p+1/b12-7-. The number of nitrogens with zero attached hydrogens (tertiary/aromatic N) is 2. The molecule has 1 aromatic rings. The molecular weight excluding hydrogens is 198 g/mol. The second-order valence-corrected chi connectivity index (χ2v) is 3.47. The molecule has 0 aliphatic heterocycles. The third-order valence-corrected chi connectivity index (χ3v) is 1.73. The third-order valence-electron chi connectivity index (χ3n) is 1.47.